The van der Waals surface area contributed by atoms with E-state index < -0.39 is 12.8 Å². The first-order valence-electron chi connectivity index (χ1n) is 7.54. The van der Waals surface area contributed by atoms with E-state index in [1.165, 1.54) is 0 Å². The minimum Gasteiger partial charge on any atom is -0.484 e. The maximum Gasteiger partial charge on any atom is 0.422 e. The topological polar surface area (TPSA) is 50.4 Å². The molecule has 0 spiro atoms. The van der Waals surface area contributed by atoms with Gasteiger partial charge in [0.1, 0.15) is 5.75 Å². The van der Waals surface area contributed by atoms with Gasteiger partial charge in [0.2, 0.25) is 5.91 Å². The number of rotatable bonds is 6. The van der Waals surface area contributed by atoms with Crippen molar-refractivity contribution in [2.75, 3.05) is 19.7 Å². The van der Waals surface area contributed by atoms with Gasteiger partial charge in [0.05, 0.1) is 0 Å². The van der Waals surface area contributed by atoms with E-state index in [0.717, 1.165) is 18.7 Å². The Morgan fingerprint density at radius 1 is 1.42 bits per heavy atom. The summed E-state index contributed by atoms with van der Waals surface area (Å²) < 4.78 is 41.8. The number of amides is 1. The number of carbonyl (C=O) groups is 1. The molecule has 4 nitrogen and oxygen atoms in total. The van der Waals surface area contributed by atoms with Crippen LogP contribution in [-0.2, 0) is 11.3 Å². The average Bonchev–Trinajstić information content (AvgIpc) is 2.41. The highest BCUT2D eigenvalue weighted by Gasteiger charge is 2.30. The van der Waals surface area contributed by atoms with Crippen molar-refractivity contribution in [3.8, 4) is 5.75 Å². The number of carbonyl (C=O) groups excluding carboxylic acids is 1. The number of nitrogens with one attached hydrogen (secondary N) is 2. The highest BCUT2D eigenvalue weighted by molar-refractivity contribution is 5.85. The van der Waals surface area contributed by atoms with Crippen molar-refractivity contribution in [2.24, 2.45) is 11.8 Å². The van der Waals surface area contributed by atoms with Crippen LogP contribution >= 0.6 is 12.4 Å². The van der Waals surface area contributed by atoms with Gasteiger partial charge in [-0.25, -0.2) is 0 Å². The van der Waals surface area contributed by atoms with Gasteiger partial charge in [-0.1, -0.05) is 19.1 Å². The molecule has 2 N–H and O–H groups in total. The van der Waals surface area contributed by atoms with Crippen molar-refractivity contribution < 1.29 is 22.7 Å². The van der Waals surface area contributed by atoms with Gasteiger partial charge in [0.25, 0.3) is 0 Å². The largest absolute Gasteiger partial charge is 0.484 e. The third kappa shape index (κ3) is 5.87. The molecule has 0 aliphatic carbocycles. The lowest BCUT2D eigenvalue weighted by atomic mass is 9.88. The van der Waals surface area contributed by atoms with E-state index in [9.17, 15) is 18.0 Å². The van der Waals surface area contributed by atoms with Crippen LogP contribution in [0, 0.1) is 18.8 Å². The SMILES string of the molecule is Cc1ccc(CNC(=O)C(C)C2CNC2)c(OCC(F)(F)F)c1.Cl. The number of hydrogen-bond donors (Lipinski definition) is 2. The fourth-order valence-electron chi connectivity index (χ4n) is 2.32. The second-order valence-electron chi connectivity index (χ2n) is 5.94. The molecule has 1 aromatic carbocycles. The summed E-state index contributed by atoms with van der Waals surface area (Å²) in [4.78, 5) is 12.1. The second kappa shape index (κ2) is 8.58. The van der Waals surface area contributed by atoms with Crippen molar-refractivity contribution in [2.45, 2.75) is 26.6 Å². The molecule has 2 rings (SSSR count). The van der Waals surface area contributed by atoms with Gasteiger partial charge in [-0.05, 0) is 37.6 Å². The van der Waals surface area contributed by atoms with E-state index >= 15 is 0 Å². The normalized spacial score (nSPS) is 15.9. The maximum atomic E-state index is 12.3. The Morgan fingerprint density at radius 3 is 2.62 bits per heavy atom. The van der Waals surface area contributed by atoms with E-state index in [1.807, 2.05) is 6.92 Å². The van der Waals surface area contributed by atoms with E-state index in [1.54, 1.807) is 25.1 Å². The number of aryl methyl sites for hydroxylation is 1. The number of ether oxygens (including phenoxy) is 1. The number of alkyl halides is 3. The third-order valence-electron chi connectivity index (χ3n) is 4.00. The molecule has 24 heavy (non-hydrogen) atoms. The van der Waals surface area contributed by atoms with Crippen LogP contribution in [0.5, 0.6) is 5.75 Å². The Morgan fingerprint density at radius 2 is 2.08 bits per heavy atom. The van der Waals surface area contributed by atoms with Crippen LogP contribution in [0.3, 0.4) is 0 Å². The van der Waals surface area contributed by atoms with Gasteiger partial charge in [0, 0.05) is 18.0 Å². The predicted molar refractivity (Wildman–Crippen MR) is 87.3 cm³/mol. The minimum absolute atomic E-state index is 0. The van der Waals surface area contributed by atoms with Gasteiger partial charge < -0.3 is 15.4 Å². The third-order valence-corrected chi connectivity index (χ3v) is 4.00. The van der Waals surface area contributed by atoms with Crippen molar-refractivity contribution in [3.05, 3.63) is 29.3 Å². The number of benzene rings is 1. The van der Waals surface area contributed by atoms with Crippen LogP contribution in [0.4, 0.5) is 13.2 Å². The van der Waals surface area contributed by atoms with Crippen molar-refractivity contribution in [3.63, 3.8) is 0 Å². The lowest BCUT2D eigenvalue weighted by molar-refractivity contribution is -0.153. The van der Waals surface area contributed by atoms with Crippen LogP contribution < -0.4 is 15.4 Å². The van der Waals surface area contributed by atoms with E-state index in [2.05, 4.69) is 10.6 Å². The molecule has 1 unspecified atom stereocenters. The fourth-order valence-corrected chi connectivity index (χ4v) is 2.32. The summed E-state index contributed by atoms with van der Waals surface area (Å²) in [6.45, 7) is 4.07. The number of hydrogen-bond acceptors (Lipinski definition) is 3. The minimum atomic E-state index is -4.39. The zero-order valence-electron chi connectivity index (χ0n) is 13.6. The highest BCUT2D eigenvalue weighted by Crippen LogP contribution is 2.24. The Balaban J connectivity index is 0.00000288. The van der Waals surface area contributed by atoms with Gasteiger partial charge in [-0.15, -0.1) is 12.4 Å². The molecule has 0 saturated carbocycles. The summed E-state index contributed by atoms with van der Waals surface area (Å²) in [5.41, 5.74) is 1.33. The van der Waals surface area contributed by atoms with Crippen molar-refractivity contribution in [1.29, 1.82) is 0 Å². The molecule has 0 aromatic heterocycles. The molecule has 1 saturated heterocycles. The monoisotopic (exact) mass is 366 g/mol. The van der Waals surface area contributed by atoms with E-state index in [0.29, 0.717) is 11.5 Å². The molecular weight excluding hydrogens is 345 g/mol. The zero-order chi connectivity index (χ0) is 17.0. The summed E-state index contributed by atoms with van der Waals surface area (Å²) in [5, 5.41) is 5.89. The first kappa shape index (κ1) is 20.6. The summed E-state index contributed by atoms with van der Waals surface area (Å²) in [7, 11) is 0. The Bertz CT molecular complexity index is 563. The van der Waals surface area contributed by atoms with Crippen LogP contribution in [-0.4, -0.2) is 31.8 Å². The van der Waals surface area contributed by atoms with Gasteiger partial charge in [-0.3, -0.25) is 4.79 Å². The van der Waals surface area contributed by atoms with Crippen LogP contribution in [0.25, 0.3) is 0 Å². The molecule has 1 aliphatic heterocycles. The molecule has 1 amide bonds. The van der Waals surface area contributed by atoms with Crippen LogP contribution in [0.1, 0.15) is 18.1 Å². The molecule has 8 heteroatoms. The average molecular weight is 367 g/mol. The standard InChI is InChI=1S/C16H21F3N2O2.ClH/c1-10-3-4-12(14(5-10)23-9-16(17,18)19)8-21-15(22)11(2)13-6-20-7-13;/h3-5,11,13,20H,6-9H2,1-2H3,(H,21,22);1H. The second-order valence-corrected chi connectivity index (χ2v) is 5.94. The number of halogens is 4. The van der Waals surface area contributed by atoms with Crippen LogP contribution in [0.2, 0.25) is 0 Å². The lowest BCUT2D eigenvalue weighted by Gasteiger charge is -2.31. The molecule has 0 radical (unpaired) electrons. The summed E-state index contributed by atoms with van der Waals surface area (Å²) >= 11 is 0. The molecule has 136 valence electrons. The molecule has 1 aromatic rings. The van der Waals surface area contributed by atoms with Crippen LogP contribution in [0.15, 0.2) is 18.2 Å². The molecule has 0 bridgehead atoms. The summed E-state index contributed by atoms with van der Waals surface area (Å²) in [5.74, 6) is 0.245. The van der Waals surface area contributed by atoms with Crippen molar-refractivity contribution in [1.82, 2.24) is 10.6 Å². The van der Waals surface area contributed by atoms with Crippen molar-refractivity contribution >= 4 is 18.3 Å². The zero-order valence-corrected chi connectivity index (χ0v) is 14.4. The lowest BCUT2D eigenvalue weighted by Crippen LogP contribution is -2.49. The summed E-state index contributed by atoms with van der Waals surface area (Å²) in [6.07, 6.45) is -4.39. The molecule has 1 aliphatic rings. The quantitative estimate of drug-likeness (QED) is 0.814. The summed E-state index contributed by atoms with van der Waals surface area (Å²) in [6, 6.07) is 5.00. The van der Waals surface area contributed by atoms with E-state index in [4.69, 9.17) is 4.74 Å². The highest BCUT2D eigenvalue weighted by atomic mass is 35.5. The first-order chi connectivity index (χ1) is 10.8. The Labute approximate surface area is 145 Å². The Hall–Kier alpha value is -1.47. The van der Waals surface area contributed by atoms with Gasteiger partial charge >= 0.3 is 6.18 Å². The van der Waals surface area contributed by atoms with Gasteiger partial charge in [-0.2, -0.15) is 13.2 Å². The Kier molecular flexibility index (Phi) is 7.35. The molecule has 1 atom stereocenters. The predicted octanol–water partition coefficient (Wildman–Crippen LogP) is 2.83. The van der Waals surface area contributed by atoms with Gasteiger partial charge in [0.15, 0.2) is 6.61 Å². The fraction of sp³-hybridized carbons (Fsp3) is 0.562. The molecular formula is C16H22ClF3N2O2. The maximum absolute atomic E-state index is 12.3. The van der Waals surface area contributed by atoms with E-state index in [-0.39, 0.29) is 36.5 Å². The molecule has 1 heterocycles. The first-order valence-corrected chi connectivity index (χ1v) is 7.54. The molecule has 1 fully saturated rings. The smallest absolute Gasteiger partial charge is 0.422 e.